The van der Waals surface area contributed by atoms with Crippen molar-refractivity contribution >= 4 is 34.2 Å². The first kappa shape index (κ1) is 17.6. The largest absolute Gasteiger partial charge is 0.361 e. The molecule has 2 aliphatic rings. The number of H-pyrrole nitrogens is 1. The molecule has 2 aromatic heterocycles. The molecule has 3 atom stereocenters. The van der Waals surface area contributed by atoms with Gasteiger partial charge in [0.1, 0.15) is 0 Å². The van der Waals surface area contributed by atoms with Crippen LogP contribution < -0.4 is 5.32 Å². The van der Waals surface area contributed by atoms with Crippen molar-refractivity contribution in [2.75, 3.05) is 18.9 Å². The molecule has 1 amide bonds. The number of nitrogens with one attached hydrogen (secondary N) is 2. The summed E-state index contributed by atoms with van der Waals surface area (Å²) < 4.78 is 0. The molecular formula is C21H22ClN5O. The van der Waals surface area contributed by atoms with Crippen molar-refractivity contribution < 1.29 is 4.79 Å². The van der Waals surface area contributed by atoms with Gasteiger partial charge in [0.15, 0.2) is 11.0 Å². The lowest BCUT2D eigenvalue weighted by Gasteiger charge is -2.45. The topological polar surface area (TPSA) is 73.9 Å². The molecule has 5 rings (SSSR count). The number of anilines is 1. The lowest BCUT2D eigenvalue weighted by Crippen LogP contribution is -2.48. The fraction of sp³-hybridized carbons (Fsp3) is 0.381. The van der Waals surface area contributed by atoms with E-state index in [1.807, 2.05) is 0 Å². The van der Waals surface area contributed by atoms with Crippen molar-refractivity contribution in [2.24, 2.45) is 5.92 Å². The average Bonchev–Trinajstić information content (AvgIpc) is 3.09. The number of hydrogen-bond acceptors (Lipinski definition) is 4. The minimum Gasteiger partial charge on any atom is -0.361 e. The molecule has 0 bridgehead atoms. The summed E-state index contributed by atoms with van der Waals surface area (Å²) in [5.41, 5.74) is 4.05. The molecule has 0 unspecified atom stereocenters. The Morgan fingerprint density at radius 1 is 1.32 bits per heavy atom. The van der Waals surface area contributed by atoms with E-state index in [0.717, 1.165) is 19.4 Å². The van der Waals surface area contributed by atoms with Crippen LogP contribution in [0.5, 0.6) is 0 Å². The summed E-state index contributed by atoms with van der Waals surface area (Å²) in [7, 11) is 2.18. The van der Waals surface area contributed by atoms with Gasteiger partial charge in [-0.05, 0) is 55.1 Å². The van der Waals surface area contributed by atoms with Gasteiger partial charge in [0.25, 0.3) is 0 Å². The highest BCUT2D eigenvalue weighted by Gasteiger charge is 2.39. The van der Waals surface area contributed by atoms with Crippen molar-refractivity contribution in [3.8, 4) is 0 Å². The zero-order chi connectivity index (χ0) is 19.3. The van der Waals surface area contributed by atoms with Gasteiger partial charge in [-0.25, -0.2) is 0 Å². The molecule has 2 N–H and O–H groups in total. The predicted molar refractivity (Wildman–Crippen MR) is 110 cm³/mol. The highest BCUT2D eigenvalue weighted by Crippen LogP contribution is 2.44. The second-order valence-electron chi connectivity index (χ2n) is 8.00. The Kier molecular flexibility index (Phi) is 4.33. The normalized spacial score (nSPS) is 24.1. The second kappa shape index (κ2) is 6.87. The first-order valence-corrected chi connectivity index (χ1v) is 10.0. The third-order valence-corrected chi connectivity index (χ3v) is 6.39. The molecule has 3 heterocycles. The first-order valence-electron chi connectivity index (χ1n) is 9.66. The molecule has 3 aromatic rings. The molecule has 144 valence electrons. The van der Waals surface area contributed by atoms with E-state index in [9.17, 15) is 4.79 Å². The van der Waals surface area contributed by atoms with Crippen LogP contribution >= 0.6 is 11.6 Å². The maximum absolute atomic E-state index is 12.5. The molecule has 0 radical (unpaired) electrons. The van der Waals surface area contributed by atoms with E-state index in [1.54, 1.807) is 12.1 Å². The third kappa shape index (κ3) is 3.06. The summed E-state index contributed by atoms with van der Waals surface area (Å²) in [5.74, 6) is 1.18. The quantitative estimate of drug-likeness (QED) is 0.710. The van der Waals surface area contributed by atoms with Gasteiger partial charge in [0.2, 0.25) is 5.91 Å². The SMILES string of the molecule is CN1C[C@H](CC(=O)Nc2ccc(Cl)nn2)C[C@@H]2c3cccc4[nH]cc(c34)C[C@H]21. The molecular weight excluding hydrogens is 374 g/mol. The Balaban J connectivity index is 1.34. The van der Waals surface area contributed by atoms with Crippen molar-refractivity contribution in [1.29, 1.82) is 0 Å². The van der Waals surface area contributed by atoms with E-state index in [4.69, 9.17) is 11.6 Å². The van der Waals surface area contributed by atoms with Gasteiger partial charge in [-0.2, -0.15) is 0 Å². The summed E-state index contributed by atoms with van der Waals surface area (Å²) in [6, 6.07) is 10.3. The molecule has 1 fully saturated rings. The van der Waals surface area contributed by atoms with E-state index < -0.39 is 0 Å². The molecule has 7 heteroatoms. The number of carbonyl (C=O) groups is 1. The van der Waals surface area contributed by atoms with E-state index >= 15 is 0 Å². The molecule has 1 aliphatic heterocycles. The van der Waals surface area contributed by atoms with E-state index in [-0.39, 0.29) is 5.91 Å². The van der Waals surface area contributed by atoms with Crippen molar-refractivity contribution in [2.45, 2.75) is 31.2 Å². The molecule has 28 heavy (non-hydrogen) atoms. The molecule has 1 aliphatic carbocycles. The number of hydrogen-bond donors (Lipinski definition) is 2. The second-order valence-corrected chi connectivity index (χ2v) is 8.38. The molecule has 1 saturated heterocycles. The van der Waals surface area contributed by atoms with Crippen molar-refractivity contribution in [1.82, 2.24) is 20.1 Å². The fourth-order valence-electron chi connectivity index (χ4n) is 5.04. The minimum absolute atomic E-state index is 0.0233. The van der Waals surface area contributed by atoms with Gasteiger partial charge >= 0.3 is 0 Å². The van der Waals surface area contributed by atoms with Crippen LogP contribution in [0.2, 0.25) is 5.15 Å². The summed E-state index contributed by atoms with van der Waals surface area (Å²) in [5, 5.41) is 12.2. The van der Waals surface area contributed by atoms with Crippen LogP contribution in [0.15, 0.2) is 36.5 Å². The highest BCUT2D eigenvalue weighted by molar-refractivity contribution is 6.29. The number of fused-ring (bicyclic) bond motifs is 2. The Morgan fingerprint density at radius 3 is 3.04 bits per heavy atom. The van der Waals surface area contributed by atoms with Crippen LogP contribution in [0, 0.1) is 5.92 Å². The van der Waals surface area contributed by atoms with Gasteiger partial charge in [-0.3, -0.25) is 4.79 Å². The molecule has 0 spiro atoms. The zero-order valence-electron chi connectivity index (χ0n) is 15.7. The van der Waals surface area contributed by atoms with E-state index in [1.165, 1.54) is 22.0 Å². The van der Waals surface area contributed by atoms with E-state index in [2.05, 4.69) is 56.8 Å². The fourth-order valence-corrected chi connectivity index (χ4v) is 5.14. The number of halogens is 1. The maximum atomic E-state index is 12.5. The van der Waals surface area contributed by atoms with Gasteiger partial charge in [0, 0.05) is 42.0 Å². The van der Waals surface area contributed by atoms with Gasteiger partial charge in [-0.1, -0.05) is 23.7 Å². The number of aromatic amines is 1. The van der Waals surface area contributed by atoms with Gasteiger partial charge < -0.3 is 15.2 Å². The number of rotatable bonds is 3. The lowest BCUT2D eigenvalue weighted by atomic mass is 9.72. The summed E-state index contributed by atoms with van der Waals surface area (Å²) in [6.45, 7) is 0.927. The summed E-state index contributed by atoms with van der Waals surface area (Å²) in [6.07, 6.45) is 4.73. The Labute approximate surface area is 168 Å². The number of aromatic nitrogens is 3. The smallest absolute Gasteiger partial charge is 0.225 e. The number of piperidine rings is 1. The van der Waals surface area contributed by atoms with Crippen molar-refractivity contribution in [3.05, 3.63) is 52.8 Å². The standard InChI is InChI=1S/C21H22ClN5O/c1-27-11-12(8-20(28)24-19-6-5-18(22)25-26-19)7-15-14-3-2-4-16-21(14)13(10-23-16)9-17(15)27/h2-6,10,12,15,17,23H,7-9,11H2,1H3,(H,24,26,28)/t12-,15+,17+/m0/s1. The minimum atomic E-state index is -0.0233. The van der Waals surface area contributed by atoms with Crippen LogP contribution in [-0.4, -0.2) is 45.6 Å². The predicted octanol–water partition coefficient (Wildman–Crippen LogP) is 3.60. The number of likely N-dealkylation sites (N-methyl/N-ethyl adjacent to an activating group) is 1. The number of nitrogens with zero attached hydrogens (tertiary/aromatic N) is 3. The highest BCUT2D eigenvalue weighted by atomic mass is 35.5. The Morgan fingerprint density at radius 2 is 2.21 bits per heavy atom. The van der Waals surface area contributed by atoms with Crippen molar-refractivity contribution in [3.63, 3.8) is 0 Å². The van der Waals surface area contributed by atoms with Crippen LogP contribution in [0.1, 0.15) is 29.9 Å². The maximum Gasteiger partial charge on any atom is 0.225 e. The monoisotopic (exact) mass is 395 g/mol. The first-order chi connectivity index (χ1) is 13.6. The van der Waals surface area contributed by atoms with Crippen LogP contribution in [0.3, 0.4) is 0 Å². The van der Waals surface area contributed by atoms with Gasteiger partial charge in [0.05, 0.1) is 0 Å². The van der Waals surface area contributed by atoms with E-state index in [0.29, 0.717) is 35.3 Å². The number of carbonyl (C=O) groups excluding carboxylic acids is 1. The molecule has 6 nitrogen and oxygen atoms in total. The summed E-state index contributed by atoms with van der Waals surface area (Å²) in [4.78, 5) is 18.4. The third-order valence-electron chi connectivity index (χ3n) is 6.19. The lowest BCUT2D eigenvalue weighted by molar-refractivity contribution is -0.117. The number of likely N-dealkylation sites (tertiary alicyclic amines) is 1. The number of amides is 1. The Hall–Kier alpha value is -2.44. The van der Waals surface area contributed by atoms with Crippen LogP contribution in [0.4, 0.5) is 5.82 Å². The number of benzene rings is 1. The van der Waals surface area contributed by atoms with Gasteiger partial charge in [-0.15, -0.1) is 10.2 Å². The van der Waals surface area contributed by atoms with Crippen LogP contribution in [-0.2, 0) is 11.2 Å². The molecule has 0 saturated carbocycles. The average molecular weight is 396 g/mol. The Bertz CT molecular complexity index is 1030. The zero-order valence-corrected chi connectivity index (χ0v) is 16.4. The summed E-state index contributed by atoms with van der Waals surface area (Å²) >= 11 is 5.75. The molecule has 1 aromatic carbocycles. The van der Waals surface area contributed by atoms with Crippen LogP contribution in [0.25, 0.3) is 10.9 Å².